The summed E-state index contributed by atoms with van der Waals surface area (Å²) in [5.41, 5.74) is 0. The fraction of sp³-hybridized carbons (Fsp3) is 0.929. The van der Waals surface area contributed by atoms with Crippen LogP contribution in [-0.4, -0.2) is 36.5 Å². The molecule has 2 rings (SSSR count). The van der Waals surface area contributed by atoms with Gasteiger partial charge >= 0.3 is 0 Å². The van der Waals surface area contributed by atoms with Crippen LogP contribution in [0, 0.1) is 11.8 Å². The molecule has 18 heavy (non-hydrogen) atoms. The highest BCUT2D eigenvalue weighted by Crippen LogP contribution is 2.44. The van der Waals surface area contributed by atoms with Crippen molar-refractivity contribution >= 4 is 18.3 Å². The van der Waals surface area contributed by atoms with Gasteiger partial charge in [0.15, 0.2) is 0 Å². The number of halogens is 1. The summed E-state index contributed by atoms with van der Waals surface area (Å²) in [5.74, 6) is 1.96. The molecule has 0 heterocycles. The molecular formula is C14H27ClN2O. The Morgan fingerprint density at radius 2 is 1.94 bits per heavy atom. The second kappa shape index (κ2) is 7.34. The van der Waals surface area contributed by atoms with E-state index in [1.165, 1.54) is 25.7 Å². The first-order valence-corrected chi connectivity index (χ1v) is 7.24. The summed E-state index contributed by atoms with van der Waals surface area (Å²) in [6.07, 6.45) is 6.00. The largest absolute Gasteiger partial charge is 0.353 e. The fourth-order valence-corrected chi connectivity index (χ4v) is 3.50. The quantitative estimate of drug-likeness (QED) is 0.807. The topological polar surface area (TPSA) is 32.3 Å². The zero-order valence-corrected chi connectivity index (χ0v) is 12.5. The molecule has 2 aliphatic rings. The SMILES string of the molecule is CCN(CC)CCC(=O)NC1CC2CCC1C2.Cl. The van der Waals surface area contributed by atoms with E-state index in [-0.39, 0.29) is 18.3 Å². The van der Waals surface area contributed by atoms with Crippen LogP contribution in [0.4, 0.5) is 0 Å². The van der Waals surface area contributed by atoms with Gasteiger partial charge in [-0.05, 0) is 44.2 Å². The second-order valence-corrected chi connectivity index (χ2v) is 5.63. The molecule has 2 saturated carbocycles. The molecule has 0 spiro atoms. The van der Waals surface area contributed by atoms with E-state index in [9.17, 15) is 4.79 Å². The first-order valence-electron chi connectivity index (χ1n) is 7.24. The van der Waals surface area contributed by atoms with Crippen molar-refractivity contribution in [3.05, 3.63) is 0 Å². The maximum atomic E-state index is 11.9. The Morgan fingerprint density at radius 1 is 1.22 bits per heavy atom. The number of fused-ring (bicyclic) bond motifs is 2. The third kappa shape index (κ3) is 3.86. The van der Waals surface area contributed by atoms with Crippen molar-refractivity contribution in [1.82, 2.24) is 10.2 Å². The summed E-state index contributed by atoms with van der Waals surface area (Å²) in [6.45, 7) is 7.28. The van der Waals surface area contributed by atoms with E-state index >= 15 is 0 Å². The second-order valence-electron chi connectivity index (χ2n) is 5.63. The number of carbonyl (C=O) groups is 1. The zero-order chi connectivity index (χ0) is 12.3. The Bertz CT molecular complexity index is 269. The van der Waals surface area contributed by atoms with Crippen molar-refractivity contribution in [2.75, 3.05) is 19.6 Å². The summed E-state index contributed by atoms with van der Waals surface area (Å²) >= 11 is 0. The van der Waals surface area contributed by atoms with Crippen molar-refractivity contribution in [3.8, 4) is 0 Å². The minimum absolute atomic E-state index is 0. The van der Waals surface area contributed by atoms with Crippen molar-refractivity contribution < 1.29 is 4.79 Å². The third-order valence-corrected chi connectivity index (χ3v) is 4.63. The highest BCUT2D eigenvalue weighted by atomic mass is 35.5. The van der Waals surface area contributed by atoms with Crippen LogP contribution in [0.3, 0.4) is 0 Å². The predicted molar refractivity (Wildman–Crippen MR) is 77.0 cm³/mol. The van der Waals surface area contributed by atoms with Crippen molar-refractivity contribution in [1.29, 1.82) is 0 Å². The molecule has 4 heteroatoms. The molecule has 0 radical (unpaired) electrons. The average molecular weight is 275 g/mol. The minimum atomic E-state index is 0. The lowest BCUT2D eigenvalue weighted by Crippen LogP contribution is -2.40. The number of amides is 1. The molecule has 0 aliphatic heterocycles. The van der Waals surface area contributed by atoms with Crippen LogP contribution in [0.25, 0.3) is 0 Å². The monoisotopic (exact) mass is 274 g/mol. The van der Waals surface area contributed by atoms with E-state index in [1.54, 1.807) is 0 Å². The normalized spacial score (nSPS) is 29.4. The molecule has 2 bridgehead atoms. The first-order chi connectivity index (χ1) is 8.22. The fourth-order valence-electron chi connectivity index (χ4n) is 3.50. The van der Waals surface area contributed by atoms with Gasteiger partial charge in [-0.25, -0.2) is 0 Å². The molecule has 0 aromatic carbocycles. The third-order valence-electron chi connectivity index (χ3n) is 4.63. The Hall–Kier alpha value is -0.280. The molecule has 0 aromatic heterocycles. The average Bonchev–Trinajstić information content (AvgIpc) is 2.92. The van der Waals surface area contributed by atoms with Crippen molar-refractivity contribution in [2.24, 2.45) is 11.8 Å². The minimum Gasteiger partial charge on any atom is -0.353 e. The van der Waals surface area contributed by atoms with Gasteiger partial charge in [0.25, 0.3) is 0 Å². The van der Waals surface area contributed by atoms with Gasteiger partial charge in [-0.15, -0.1) is 12.4 Å². The molecule has 3 nitrogen and oxygen atoms in total. The first kappa shape index (κ1) is 15.8. The molecule has 1 N–H and O–H groups in total. The van der Waals surface area contributed by atoms with Gasteiger partial charge in [-0.2, -0.15) is 0 Å². The molecule has 3 unspecified atom stereocenters. The Kier molecular flexibility index (Phi) is 6.44. The van der Waals surface area contributed by atoms with Crippen LogP contribution >= 0.6 is 12.4 Å². The molecule has 2 aliphatic carbocycles. The summed E-state index contributed by atoms with van der Waals surface area (Å²) in [7, 11) is 0. The Balaban J connectivity index is 0.00000162. The lowest BCUT2D eigenvalue weighted by atomic mass is 9.95. The van der Waals surface area contributed by atoms with Gasteiger partial charge in [0.1, 0.15) is 0 Å². The summed E-state index contributed by atoms with van der Waals surface area (Å²) in [6, 6.07) is 0.498. The maximum absolute atomic E-state index is 11.9. The van der Waals surface area contributed by atoms with Crippen LogP contribution in [0.1, 0.15) is 46.0 Å². The van der Waals surface area contributed by atoms with Crippen LogP contribution in [0.2, 0.25) is 0 Å². The van der Waals surface area contributed by atoms with Gasteiger partial charge in [0.05, 0.1) is 0 Å². The number of hydrogen-bond donors (Lipinski definition) is 1. The smallest absolute Gasteiger partial charge is 0.221 e. The van der Waals surface area contributed by atoms with E-state index in [0.717, 1.165) is 31.5 Å². The zero-order valence-electron chi connectivity index (χ0n) is 11.7. The standard InChI is InChI=1S/C14H26N2O.ClH/c1-3-16(4-2)8-7-14(17)15-13-10-11-5-6-12(13)9-11;/h11-13H,3-10H2,1-2H3,(H,15,17);1H. The van der Waals surface area contributed by atoms with Crippen LogP contribution < -0.4 is 5.32 Å². The Labute approximate surface area is 117 Å². The molecule has 3 atom stereocenters. The molecule has 0 aromatic rings. The molecule has 0 saturated heterocycles. The Morgan fingerprint density at radius 3 is 2.44 bits per heavy atom. The van der Waals surface area contributed by atoms with Gasteiger partial charge in [-0.1, -0.05) is 20.3 Å². The van der Waals surface area contributed by atoms with Crippen LogP contribution in [-0.2, 0) is 4.79 Å². The lowest BCUT2D eigenvalue weighted by molar-refractivity contribution is -0.122. The van der Waals surface area contributed by atoms with E-state index in [0.29, 0.717) is 12.5 Å². The molecule has 106 valence electrons. The van der Waals surface area contributed by atoms with E-state index < -0.39 is 0 Å². The van der Waals surface area contributed by atoms with E-state index in [1.807, 2.05) is 0 Å². The number of carbonyl (C=O) groups excluding carboxylic acids is 1. The number of hydrogen-bond acceptors (Lipinski definition) is 2. The van der Waals surface area contributed by atoms with E-state index in [4.69, 9.17) is 0 Å². The highest BCUT2D eigenvalue weighted by molar-refractivity contribution is 5.85. The predicted octanol–water partition coefficient (Wildman–Crippen LogP) is 2.44. The summed E-state index contributed by atoms with van der Waals surface area (Å²) in [4.78, 5) is 14.2. The molecular weight excluding hydrogens is 248 g/mol. The highest BCUT2D eigenvalue weighted by Gasteiger charge is 2.39. The number of nitrogens with one attached hydrogen (secondary N) is 1. The van der Waals surface area contributed by atoms with Gasteiger partial charge in [0.2, 0.25) is 5.91 Å². The summed E-state index contributed by atoms with van der Waals surface area (Å²) < 4.78 is 0. The summed E-state index contributed by atoms with van der Waals surface area (Å²) in [5, 5.41) is 3.25. The van der Waals surface area contributed by atoms with Crippen LogP contribution in [0.5, 0.6) is 0 Å². The van der Waals surface area contributed by atoms with Crippen molar-refractivity contribution in [2.45, 2.75) is 52.0 Å². The van der Waals surface area contributed by atoms with Gasteiger partial charge < -0.3 is 10.2 Å². The van der Waals surface area contributed by atoms with Gasteiger partial charge in [-0.3, -0.25) is 4.79 Å². The number of nitrogens with zero attached hydrogens (tertiary/aromatic N) is 1. The number of rotatable bonds is 6. The molecule has 2 fully saturated rings. The maximum Gasteiger partial charge on any atom is 0.221 e. The van der Waals surface area contributed by atoms with Crippen LogP contribution in [0.15, 0.2) is 0 Å². The van der Waals surface area contributed by atoms with E-state index in [2.05, 4.69) is 24.1 Å². The lowest BCUT2D eigenvalue weighted by Gasteiger charge is -2.24. The van der Waals surface area contributed by atoms with Gasteiger partial charge in [0, 0.05) is 19.0 Å². The molecule has 1 amide bonds. The van der Waals surface area contributed by atoms with Crippen molar-refractivity contribution in [3.63, 3.8) is 0 Å².